The Hall–Kier alpha value is -4.81. The molecule has 0 amide bonds. The number of thioether (sulfide) groups is 1. The molecule has 0 aromatic heterocycles. The maximum absolute atomic E-state index is 18.3. The van der Waals surface area contributed by atoms with Crippen molar-refractivity contribution in [3.63, 3.8) is 0 Å². The van der Waals surface area contributed by atoms with E-state index in [0.717, 1.165) is 0 Å². The van der Waals surface area contributed by atoms with E-state index in [0.29, 0.717) is 38.6 Å². The summed E-state index contributed by atoms with van der Waals surface area (Å²) < 4.78 is 69.9. The number of rotatable bonds is 10. The van der Waals surface area contributed by atoms with Gasteiger partial charge < -0.3 is 42.1 Å². The van der Waals surface area contributed by atoms with Gasteiger partial charge in [0.05, 0.1) is 6.04 Å². The predicted octanol–water partition coefficient (Wildman–Crippen LogP) is 12.6. The first-order valence-corrected chi connectivity index (χ1v) is 28.7. The molecule has 0 spiro atoms. The second-order valence-electron chi connectivity index (χ2n) is 15.0. The van der Waals surface area contributed by atoms with E-state index in [1.165, 1.54) is 11.8 Å². The molecule has 3 aliphatic heterocycles. The van der Waals surface area contributed by atoms with Gasteiger partial charge in [0, 0.05) is 41.6 Å². The van der Waals surface area contributed by atoms with Crippen LogP contribution in [0.1, 0.15) is 22.3 Å². The summed E-state index contributed by atoms with van der Waals surface area (Å²) in [5.74, 6) is 0.374. The zero-order chi connectivity index (χ0) is 53.0. The average Bonchev–Trinajstić information content (AvgIpc) is 3.41. The van der Waals surface area contributed by atoms with E-state index in [1.807, 2.05) is 42.7 Å². The van der Waals surface area contributed by atoms with Crippen LogP contribution in [0.4, 0.5) is 8.63 Å². The first-order valence-electron chi connectivity index (χ1n) is 21.8. The number of oxime groups is 6. The Labute approximate surface area is 482 Å². The molecule has 0 fully saturated rings. The van der Waals surface area contributed by atoms with Crippen molar-refractivity contribution in [2.75, 3.05) is 25.6 Å². The first kappa shape index (κ1) is 61.0. The van der Waals surface area contributed by atoms with Gasteiger partial charge in [-0.2, -0.15) is 11.8 Å². The Morgan fingerprint density at radius 1 is 0.480 bits per heavy atom. The molecule has 392 valence electrons. The molecule has 0 radical (unpaired) electrons. The van der Waals surface area contributed by atoms with Gasteiger partial charge in [-0.05, 0) is 16.9 Å². The summed E-state index contributed by atoms with van der Waals surface area (Å²) in [6.45, 7) is 0.288. The van der Waals surface area contributed by atoms with Crippen molar-refractivity contribution in [2.45, 2.75) is 8.59 Å². The van der Waals surface area contributed by atoms with Gasteiger partial charge in [0.15, 0.2) is 19.9 Å². The molecule has 27 heteroatoms. The van der Waals surface area contributed by atoms with E-state index in [2.05, 4.69) is 30.9 Å². The molecule has 3 heterocycles. The van der Waals surface area contributed by atoms with Crippen LogP contribution in [-0.4, -0.2) is 87.3 Å². The Bertz CT molecular complexity index is 2820. The average molecular weight is 1240 g/mol. The van der Waals surface area contributed by atoms with E-state index in [4.69, 9.17) is 110 Å². The number of hydrogen-bond acceptors (Lipinski definition) is 15. The van der Waals surface area contributed by atoms with E-state index in [9.17, 15) is 0 Å². The minimum absolute atomic E-state index is 0. The Balaban J connectivity index is 0.00000108. The maximum Gasteiger partial charge on any atom is 2.00 e. The smallest absolute Gasteiger partial charge is 0.509 e. The minimum atomic E-state index is -4.74. The topological polar surface area (TPSA) is 133 Å². The molecule has 9 rings (SSSR count). The third kappa shape index (κ3) is 17.6. The normalized spacial score (nSPS) is 21.9. The third-order valence-electron chi connectivity index (χ3n) is 9.98. The minimum Gasteiger partial charge on any atom is -0.509 e. The van der Waals surface area contributed by atoms with Crippen LogP contribution in [0.2, 0.25) is 0 Å². The van der Waals surface area contributed by atoms with Gasteiger partial charge in [-0.15, -0.1) is 30.9 Å². The van der Waals surface area contributed by atoms with E-state index < -0.39 is 28.7 Å². The Morgan fingerprint density at radius 2 is 0.733 bits per heavy atom. The van der Waals surface area contributed by atoms with Crippen LogP contribution in [-0.2, 0) is 57.4 Å². The van der Waals surface area contributed by atoms with Crippen LogP contribution < -0.4 is 10.6 Å². The summed E-state index contributed by atoms with van der Waals surface area (Å²) in [5, 5.41) is 27.2. The van der Waals surface area contributed by atoms with Gasteiger partial charge in [0.2, 0.25) is 0 Å². The summed E-state index contributed by atoms with van der Waals surface area (Å²) >= 11 is 37.1. The second-order valence-corrected chi connectivity index (χ2v) is 24.3. The standard InChI is InChI=1S/C46H40B2F2N7O6PS2.2CHCl3.Fe/c1-57(33-34-66-2)45-46(64(65,39-29-17-7-18-30-39)40-31-19-8-20-32-40)56-63-48(50)60-53-43(37-25-13-5-14-26-37)41(35-21-9-3-10-22-35)51-58-47(49,62-55-45)59-52-42(36-23-11-4-12-24-36)44(54-61-48)38-27-15-6-16-28-38;2*2-1(3)4;/h3-32H,33-34H2,1-2H3;2*1H;/q-2;;;+2/b51-41+,52-42+,53-43+,54-44+,55-45-,56-46-;;;. The Kier molecular flexibility index (Phi) is 24.6. The van der Waals surface area contributed by atoms with Crippen molar-refractivity contribution in [1.82, 2.24) is 4.90 Å². The molecular weight excluding hydrogens is 1190 g/mol. The van der Waals surface area contributed by atoms with E-state index in [1.54, 1.807) is 158 Å². The summed E-state index contributed by atoms with van der Waals surface area (Å²) in [5.41, 5.74) is 0.575. The number of alkyl halides is 6. The SMILES string of the molecule is CSCCN(C)C1=N\O[B-]2(F)O/N=C(c3ccccc3)/C(c3ccccc3)=N/O[B-](F)(O\N=C\1P(=S)(c1ccccc1)c1ccccc1)O/N=C(c1ccccc1)/C(c1ccccc1)=N/O2.ClC(Cl)Cl.ClC(Cl)Cl.[Fe+2]. The van der Waals surface area contributed by atoms with Gasteiger partial charge in [-0.3, -0.25) is 0 Å². The van der Waals surface area contributed by atoms with Crippen molar-refractivity contribution in [2.24, 2.45) is 30.9 Å². The van der Waals surface area contributed by atoms with Crippen LogP contribution in [0.5, 0.6) is 0 Å². The molecule has 0 unspecified atom stereocenters. The summed E-state index contributed by atoms with van der Waals surface area (Å²) in [6.07, 6.45) is 1.92. The van der Waals surface area contributed by atoms with Gasteiger partial charge in [-0.25, -0.2) is 0 Å². The third-order valence-corrected chi connectivity index (χ3v) is 15.3. The zero-order valence-corrected chi connectivity index (χ0v) is 47.4. The van der Waals surface area contributed by atoms with Crippen molar-refractivity contribution in [1.29, 1.82) is 0 Å². The van der Waals surface area contributed by atoms with Crippen LogP contribution >= 0.6 is 87.4 Å². The van der Waals surface area contributed by atoms with Crippen molar-refractivity contribution in [3.8, 4) is 0 Å². The van der Waals surface area contributed by atoms with Crippen molar-refractivity contribution in [3.05, 3.63) is 204 Å². The molecule has 0 atom stereocenters. The van der Waals surface area contributed by atoms with Gasteiger partial charge in [0.1, 0.15) is 22.8 Å². The van der Waals surface area contributed by atoms with E-state index >= 15 is 8.63 Å². The number of halogens is 8. The number of nitrogens with zero attached hydrogens (tertiary/aromatic N) is 7. The van der Waals surface area contributed by atoms with Gasteiger partial charge in [-0.1, -0.05) is 263 Å². The summed E-state index contributed by atoms with van der Waals surface area (Å²) in [6, 6.07) is 48.5. The number of benzene rings is 6. The van der Waals surface area contributed by atoms with Crippen LogP contribution in [0, 0.1) is 0 Å². The molecular formula is C48H42B2Cl6F2FeN7O6PS2. The molecule has 2 bridgehead atoms. The molecule has 75 heavy (non-hydrogen) atoms. The fourth-order valence-corrected chi connectivity index (χ4v) is 10.8. The number of hydrogen-bond donors (Lipinski definition) is 0. The van der Waals surface area contributed by atoms with Crippen LogP contribution in [0.3, 0.4) is 0 Å². The maximum atomic E-state index is 18.3. The molecule has 6 aromatic carbocycles. The molecule has 0 N–H and O–H groups in total. The second kappa shape index (κ2) is 30.2. The number of amidine groups is 1. The van der Waals surface area contributed by atoms with Gasteiger partial charge >= 0.3 is 31.1 Å². The quantitative estimate of drug-likeness (QED) is 0.0747. The van der Waals surface area contributed by atoms with Gasteiger partial charge in [0.25, 0.3) is 0 Å². The largest absolute Gasteiger partial charge is 2.00 e. The molecule has 13 nitrogen and oxygen atoms in total. The monoisotopic (exact) mass is 1230 g/mol. The molecule has 3 aliphatic rings. The first-order chi connectivity index (χ1) is 35.7. The fourth-order valence-electron chi connectivity index (χ4n) is 6.64. The van der Waals surface area contributed by atoms with Crippen molar-refractivity contribution < 1.29 is 54.2 Å². The molecule has 0 aliphatic carbocycles. The number of fused-ring (bicyclic) bond motifs is 9. The van der Waals surface area contributed by atoms with Crippen molar-refractivity contribution >= 4 is 158 Å². The van der Waals surface area contributed by atoms with Crippen LogP contribution in [0.15, 0.2) is 213 Å². The predicted molar refractivity (Wildman–Crippen MR) is 307 cm³/mol. The fraction of sp³-hybridized carbons (Fsp3) is 0.125. The molecule has 0 saturated carbocycles. The Morgan fingerprint density at radius 3 is 1.01 bits per heavy atom. The molecule has 6 aromatic rings. The summed E-state index contributed by atoms with van der Waals surface area (Å²) in [7, 11) is -7.79. The zero-order valence-electron chi connectivity index (χ0n) is 39.3. The summed E-state index contributed by atoms with van der Waals surface area (Å²) in [4.78, 5) is 1.61. The molecule has 0 saturated heterocycles. The van der Waals surface area contributed by atoms with E-state index in [-0.39, 0.29) is 57.7 Å². The van der Waals surface area contributed by atoms with Crippen LogP contribution in [0.25, 0.3) is 0 Å².